The number of aliphatic hydroxyl groups excluding tert-OH is 2. The van der Waals surface area contributed by atoms with Gasteiger partial charge in [0.25, 0.3) is 0 Å². The first-order valence-electron chi connectivity index (χ1n) is 12.0. The Hall–Kier alpha value is -1.98. The van der Waals surface area contributed by atoms with Gasteiger partial charge >= 0.3 is 0 Å². The molecule has 2 aromatic rings. The summed E-state index contributed by atoms with van der Waals surface area (Å²) in [6, 6.07) is 12.7. The second-order valence-electron chi connectivity index (χ2n) is 8.75. The summed E-state index contributed by atoms with van der Waals surface area (Å²) in [5, 5.41) is 31.5. The van der Waals surface area contributed by atoms with Gasteiger partial charge in [-0.2, -0.15) is 5.48 Å². The van der Waals surface area contributed by atoms with E-state index in [0.29, 0.717) is 39.1 Å². The number of rotatable bonds is 13. The highest BCUT2D eigenvalue weighted by Gasteiger charge is 2.28. The largest absolute Gasteiger partial charge is 0.377 e. The smallest absolute Gasteiger partial charge is 0.163 e. The predicted octanol–water partition coefficient (Wildman–Crippen LogP) is 2.79. The molecule has 0 aromatic heterocycles. The molecule has 0 spiro atoms. The Bertz CT molecular complexity index is 788. The van der Waals surface area contributed by atoms with Crippen LogP contribution >= 0.6 is 0 Å². The maximum Gasteiger partial charge on any atom is 0.163 e. The van der Waals surface area contributed by atoms with Crippen molar-refractivity contribution in [2.75, 3.05) is 32.7 Å². The average Bonchev–Trinajstić information content (AvgIpc) is 2.86. The molecule has 0 amide bonds. The number of aliphatic hydroxyl groups is 2. The minimum Gasteiger partial charge on any atom is -0.377 e. The average molecular weight is 479 g/mol. The Morgan fingerprint density at radius 2 is 1.24 bits per heavy atom. The molecule has 0 bridgehead atoms. The molecule has 0 saturated carbocycles. The number of piperazine rings is 1. The number of nitrogens with zero attached hydrogens (tertiary/aromatic N) is 2. The van der Waals surface area contributed by atoms with E-state index in [1.54, 1.807) is 24.3 Å². The van der Waals surface area contributed by atoms with Crippen molar-refractivity contribution in [1.29, 1.82) is 0 Å². The second kappa shape index (κ2) is 13.8. The lowest BCUT2D eigenvalue weighted by Gasteiger charge is -2.41. The van der Waals surface area contributed by atoms with E-state index >= 15 is 0 Å². The minimum absolute atomic E-state index is 0.118. The Kier molecular flexibility index (Phi) is 10.8. The van der Waals surface area contributed by atoms with Crippen molar-refractivity contribution >= 4 is 0 Å². The summed E-state index contributed by atoms with van der Waals surface area (Å²) < 4.78 is 27.0. The second-order valence-corrected chi connectivity index (χ2v) is 8.75. The van der Waals surface area contributed by atoms with Gasteiger partial charge in [-0.3, -0.25) is 15.1 Å². The summed E-state index contributed by atoms with van der Waals surface area (Å²) in [4.78, 5) is 4.27. The molecular weight excluding hydrogens is 442 g/mol. The Balaban J connectivity index is 1.47. The van der Waals surface area contributed by atoms with E-state index in [-0.39, 0.29) is 17.7 Å². The number of nitrogens with one attached hydrogen (secondary N) is 2. The standard InChI is InChI=1S/C25H36F2N4O3/c26-21-10-6-19(7-11-21)24(20-8-12-22(27)13-9-20)30-15-17-31(18-16-30)25(33)28-14-4-2-1-3-5-23(32)29-34/h6-13,23-25,28-29,32-34H,1-5,14-18H2/t23?,25-/m0/s1. The lowest BCUT2D eigenvalue weighted by molar-refractivity contribution is -0.0500. The molecule has 7 nitrogen and oxygen atoms in total. The van der Waals surface area contributed by atoms with Gasteiger partial charge in [-0.15, -0.1) is 0 Å². The monoisotopic (exact) mass is 478 g/mol. The van der Waals surface area contributed by atoms with Crippen LogP contribution in [0.25, 0.3) is 0 Å². The molecule has 34 heavy (non-hydrogen) atoms. The number of hydrogen-bond donors (Lipinski definition) is 5. The van der Waals surface area contributed by atoms with Gasteiger partial charge in [0.2, 0.25) is 0 Å². The summed E-state index contributed by atoms with van der Waals surface area (Å²) in [7, 11) is 0. The summed E-state index contributed by atoms with van der Waals surface area (Å²) >= 11 is 0. The lowest BCUT2D eigenvalue weighted by atomic mass is 9.96. The molecular formula is C25H36F2N4O3. The van der Waals surface area contributed by atoms with Gasteiger partial charge in [-0.25, -0.2) is 8.78 Å². The van der Waals surface area contributed by atoms with Crippen LogP contribution in [0.2, 0.25) is 0 Å². The lowest BCUT2D eigenvalue weighted by Crippen LogP contribution is -2.55. The Morgan fingerprint density at radius 3 is 1.76 bits per heavy atom. The molecule has 2 atom stereocenters. The molecule has 3 rings (SSSR count). The minimum atomic E-state index is -0.871. The van der Waals surface area contributed by atoms with Crippen LogP contribution in [0.15, 0.2) is 48.5 Å². The SMILES string of the molecule is ONC(O)CCCCCCN[C@H](O)N1CCN(C(c2ccc(F)cc2)c2ccc(F)cc2)CC1. The molecule has 188 valence electrons. The quantitative estimate of drug-likeness (QED) is 0.172. The molecule has 0 aliphatic carbocycles. The van der Waals surface area contributed by atoms with Gasteiger partial charge in [-0.05, 0) is 61.2 Å². The van der Waals surface area contributed by atoms with Crippen LogP contribution < -0.4 is 10.8 Å². The van der Waals surface area contributed by atoms with Crippen molar-refractivity contribution < 1.29 is 24.2 Å². The zero-order chi connectivity index (χ0) is 24.3. The van der Waals surface area contributed by atoms with Gasteiger partial charge in [0, 0.05) is 26.2 Å². The maximum atomic E-state index is 13.5. The van der Waals surface area contributed by atoms with Crippen LogP contribution in [-0.2, 0) is 0 Å². The van der Waals surface area contributed by atoms with Crippen LogP contribution in [0, 0.1) is 11.6 Å². The summed E-state index contributed by atoms with van der Waals surface area (Å²) in [5.74, 6) is -0.583. The Labute approximate surface area is 200 Å². The van der Waals surface area contributed by atoms with Gasteiger partial charge in [0.05, 0.1) is 6.04 Å². The van der Waals surface area contributed by atoms with E-state index in [2.05, 4.69) is 10.2 Å². The van der Waals surface area contributed by atoms with Crippen molar-refractivity contribution in [3.63, 3.8) is 0 Å². The van der Waals surface area contributed by atoms with Crippen molar-refractivity contribution in [3.05, 3.63) is 71.3 Å². The topological polar surface area (TPSA) is 91.2 Å². The molecule has 1 unspecified atom stereocenters. The van der Waals surface area contributed by atoms with E-state index in [1.165, 1.54) is 24.3 Å². The molecule has 1 heterocycles. The normalized spacial score (nSPS) is 17.2. The van der Waals surface area contributed by atoms with E-state index < -0.39 is 12.6 Å². The van der Waals surface area contributed by atoms with Gasteiger partial charge < -0.3 is 15.4 Å². The van der Waals surface area contributed by atoms with E-state index in [4.69, 9.17) is 5.21 Å². The van der Waals surface area contributed by atoms with Crippen LogP contribution in [0.5, 0.6) is 0 Å². The molecule has 1 aliphatic rings. The zero-order valence-electron chi connectivity index (χ0n) is 19.4. The third kappa shape index (κ3) is 8.06. The third-order valence-electron chi connectivity index (χ3n) is 6.31. The van der Waals surface area contributed by atoms with E-state index in [9.17, 15) is 19.0 Å². The van der Waals surface area contributed by atoms with Gasteiger partial charge in [0.1, 0.15) is 17.9 Å². The zero-order valence-corrected chi connectivity index (χ0v) is 19.4. The highest BCUT2D eigenvalue weighted by Crippen LogP contribution is 2.30. The Morgan fingerprint density at radius 1 is 0.735 bits per heavy atom. The highest BCUT2D eigenvalue weighted by molar-refractivity contribution is 5.32. The number of hydroxylamine groups is 1. The van der Waals surface area contributed by atoms with Crippen molar-refractivity contribution in [2.24, 2.45) is 0 Å². The molecule has 1 aliphatic heterocycles. The van der Waals surface area contributed by atoms with E-state index in [1.807, 2.05) is 10.4 Å². The summed E-state index contributed by atoms with van der Waals surface area (Å²) in [5.41, 5.74) is 3.72. The molecule has 2 aromatic carbocycles. The fourth-order valence-corrected chi connectivity index (χ4v) is 4.39. The number of unbranched alkanes of at least 4 members (excludes halogenated alkanes) is 3. The van der Waals surface area contributed by atoms with Crippen molar-refractivity contribution in [2.45, 2.75) is 50.7 Å². The van der Waals surface area contributed by atoms with Crippen LogP contribution in [0.1, 0.15) is 49.3 Å². The van der Waals surface area contributed by atoms with Gasteiger partial charge in [-0.1, -0.05) is 37.1 Å². The summed E-state index contributed by atoms with van der Waals surface area (Å²) in [6.45, 7) is 3.44. The molecule has 0 radical (unpaired) electrons. The molecule has 5 N–H and O–H groups in total. The summed E-state index contributed by atoms with van der Waals surface area (Å²) in [6.07, 6.45) is 2.57. The third-order valence-corrected chi connectivity index (χ3v) is 6.31. The predicted molar refractivity (Wildman–Crippen MR) is 126 cm³/mol. The molecule has 1 fully saturated rings. The first kappa shape index (κ1) is 26.6. The van der Waals surface area contributed by atoms with Gasteiger partial charge in [0.15, 0.2) is 6.35 Å². The number of halogens is 2. The fraction of sp³-hybridized carbons (Fsp3) is 0.520. The van der Waals surface area contributed by atoms with Crippen LogP contribution in [0.3, 0.4) is 0 Å². The van der Waals surface area contributed by atoms with Crippen molar-refractivity contribution in [3.8, 4) is 0 Å². The highest BCUT2D eigenvalue weighted by atomic mass is 19.1. The van der Waals surface area contributed by atoms with E-state index in [0.717, 1.165) is 36.8 Å². The number of benzene rings is 2. The molecule has 1 saturated heterocycles. The first-order valence-corrected chi connectivity index (χ1v) is 12.0. The van der Waals surface area contributed by atoms with Crippen LogP contribution in [-0.4, -0.2) is 70.5 Å². The van der Waals surface area contributed by atoms with Crippen molar-refractivity contribution in [1.82, 2.24) is 20.6 Å². The first-order chi connectivity index (χ1) is 16.5. The van der Waals surface area contributed by atoms with Crippen LogP contribution in [0.4, 0.5) is 8.78 Å². The fourth-order valence-electron chi connectivity index (χ4n) is 4.39. The molecule has 9 heteroatoms. The number of hydrogen-bond acceptors (Lipinski definition) is 7. The maximum absolute atomic E-state index is 13.5.